The summed E-state index contributed by atoms with van der Waals surface area (Å²) in [4.78, 5) is 11.9. The van der Waals surface area contributed by atoms with Crippen molar-refractivity contribution in [2.45, 2.75) is 13.0 Å². The van der Waals surface area contributed by atoms with Gasteiger partial charge in [-0.2, -0.15) is 0 Å². The predicted molar refractivity (Wildman–Crippen MR) is 74.4 cm³/mol. The van der Waals surface area contributed by atoms with E-state index < -0.39 is 12.0 Å². The summed E-state index contributed by atoms with van der Waals surface area (Å²) in [5, 5.41) is 15.9. The van der Waals surface area contributed by atoms with Crippen molar-refractivity contribution < 1.29 is 14.6 Å². The number of hydrogen-bond acceptors (Lipinski definition) is 4. The highest BCUT2D eigenvalue weighted by molar-refractivity contribution is 7.80. The van der Waals surface area contributed by atoms with Crippen LogP contribution >= 0.6 is 12.2 Å². The largest absolute Gasteiger partial charge is 0.508 e. The second-order valence-corrected chi connectivity index (χ2v) is 4.56. The van der Waals surface area contributed by atoms with Gasteiger partial charge < -0.3 is 20.5 Å². The highest BCUT2D eigenvalue weighted by Crippen LogP contribution is 2.29. The molecule has 0 aromatic heterocycles. The van der Waals surface area contributed by atoms with E-state index in [4.69, 9.17) is 17.0 Å². The Morgan fingerprint density at radius 1 is 1.47 bits per heavy atom. The van der Waals surface area contributed by atoms with Crippen LogP contribution in [0.1, 0.15) is 18.5 Å². The molecular weight excluding hydrogens is 264 g/mol. The second-order valence-electron chi connectivity index (χ2n) is 4.16. The van der Waals surface area contributed by atoms with Gasteiger partial charge in [0.25, 0.3) is 0 Å². The molecule has 6 heteroatoms. The van der Waals surface area contributed by atoms with E-state index in [0.29, 0.717) is 16.4 Å². The summed E-state index contributed by atoms with van der Waals surface area (Å²) in [7, 11) is 1.33. The minimum absolute atomic E-state index is 0.130. The van der Waals surface area contributed by atoms with Gasteiger partial charge in [0.1, 0.15) is 5.75 Å². The van der Waals surface area contributed by atoms with Crippen molar-refractivity contribution in [3.63, 3.8) is 0 Å². The number of aromatic hydroxyl groups is 1. The number of nitrogens with one attached hydrogen (secondary N) is 2. The van der Waals surface area contributed by atoms with E-state index in [9.17, 15) is 9.90 Å². The zero-order chi connectivity index (χ0) is 14.0. The molecule has 1 aromatic carbocycles. The van der Waals surface area contributed by atoms with Crippen LogP contribution in [0.4, 0.5) is 0 Å². The maximum Gasteiger partial charge on any atom is 0.337 e. The van der Waals surface area contributed by atoms with Crippen LogP contribution in [0.2, 0.25) is 0 Å². The van der Waals surface area contributed by atoms with E-state index in [1.165, 1.54) is 7.11 Å². The van der Waals surface area contributed by atoms with Gasteiger partial charge in [0.2, 0.25) is 0 Å². The predicted octanol–water partition coefficient (Wildman–Crippen LogP) is 1.36. The number of hydrogen-bond donors (Lipinski definition) is 3. The van der Waals surface area contributed by atoms with Crippen molar-refractivity contribution in [3.8, 4) is 5.75 Å². The molecule has 0 radical (unpaired) electrons. The Bertz CT molecular complexity index is 569. The lowest BCUT2D eigenvalue weighted by Crippen LogP contribution is -2.45. The number of esters is 1. The molecule has 1 atom stereocenters. The van der Waals surface area contributed by atoms with E-state index in [0.717, 1.165) is 5.56 Å². The lowest BCUT2D eigenvalue weighted by molar-refractivity contribution is -0.136. The molecule has 0 amide bonds. The first kappa shape index (κ1) is 13.4. The van der Waals surface area contributed by atoms with Crippen LogP contribution in [-0.4, -0.2) is 23.3 Å². The average Bonchev–Trinajstić information content (AvgIpc) is 2.37. The first-order valence-corrected chi connectivity index (χ1v) is 6.09. The number of rotatable bonds is 2. The summed E-state index contributed by atoms with van der Waals surface area (Å²) in [6.45, 7) is 1.76. The van der Waals surface area contributed by atoms with Gasteiger partial charge in [-0.1, -0.05) is 12.1 Å². The smallest absolute Gasteiger partial charge is 0.337 e. The zero-order valence-corrected chi connectivity index (χ0v) is 11.4. The maximum atomic E-state index is 11.9. The summed E-state index contributed by atoms with van der Waals surface area (Å²) in [5.74, 6) is -0.307. The third-order valence-corrected chi connectivity index (χ3v) is 3.10. The zero-order valence-electron chi connectivity index (χ0n) is 10.6. The number of phenols is 1. The number of phenolic OH excluding ortho intramolecular Hbond substituents is 1. The Balaban J connectivity index is 2.49. The Labute approximate surface area is 116 Å². The van der Waals surface area contributed by atoms with Crippen LogP contribution in [0.3, 0.4) is 0 Å². The fourth-order valence-electron chi connectivity index (χ4n) is 2.03. The monoisotopic (exact) mass is 278 g/mol. The third-order valence-electron chi connectivity index (χ3n) is 2.88. The van der Waals surface area contributed by atoms with Gasteiger partial charge in [0.05, 0.1) is 18.7 Å². The van der Waals surface area contributed by atoms with Crippen LogP contribution < -0.4 is 10.6 Å². The Morgan fingerprint density at radius 2 is 2.21 bits per heavy atom. The molecule has 0 aliphatic carbocycles. The number of ether oxygens (including phenoxy) is 1. The molecule has 0 saturated carbocycles. The number of thiocarbonyl (C=S) groups is 1. The van der Waals surface area contributed by atoms with Crippen molar-refractivity contribution in [1.82, 2.24) is 10.6 Å². The van der Waals surface area contributed by atoms with Gasteiger partial charge in [-0.15, -0.1) is 0 Å². The summed E-state index contributed by atoms with van der Waals surface area (Å²) in [6.07, 6.45) is 0. The molecule has 0 spiro atoms. The standard InChI is InChI=1S/C13H14N2O3S/c1-7-10(12(17)18-2)11(15-13(19)14-7)8-4-3-5-9(16)6-8/h3-6,11,16H,1-2H3,(H2,14,15,19). The molecule has 1 aliphatic heterocycles. The van der Waals surface area contributed by atoms with E-state index in [-0.39, 0.29) is 5.75 Å². The van der Waals surface area contributed by atoms with Gasteiger partial charge in [0, 0.05) is 5.70 Å². The second kappa shape index (κ2) is 5.27. The molecule has 19 heavy (non-hydrogen) atoms. The molecule has 100 valence electrons. The Morgan fingerprint density at radius 3 is 2.84 bits per heavy atom. The normalized spacial score (nSPS) is 18.6. The van der Waals surface area contributed by atoms with Crippen LogP contribution in [0.5, 0.6) is 5.75 Å². The van der Waals surface area contributed by atoms with E-state index in [1.54, 1.807) is 25.1 Å². The fraction of sp³-hybridized carbons (Fsp3) is 0.231. The van der Waals surface area contributed by atoms with Crippen LogP contribution in [0.25, 0.3) is 0 Å². The topological polar surface area (TPSA) is 70.6 Å². The van der Waals surface area contributed by atoms with E-state index >= 15 is 0 Å². The van der Waals surface area contributed by atoms with Crippen molar-refractivity contribution in [3.05, 3.63) is 41.1 Å². The minimum atomic E-state index is -0.437. The summed E-state index contributed by atoms with van der Waals surface area (Å²) >= 11 is 5.10. The maximum absolute atomic E-state index is 11.9. The minimum Gasteiger partial charge on any atom is -0.508 e. The molecule has 0 saturated heterocycles. The summed E-state index contributed by atoms with van der Waals surface area (Å²) in [5.41, 5.74) is 1.83. The average molecular weight is 278 g/mol. The molecule has 0 fully saturated rings. The first-order chi connectivity index (χ1) is 9.02. The van der Waals surface area contributed by atoms with E-state index in [1.807, 2.05) is 6.07 Å². The molecule has 1 heterocycles. The number of methoxy groups -OCH3 is 1. The quantitative estimate of drug-likeness (QED) is 0.560. The van der Waals surface area contributed by atoms with Crippen molar-refractivity contribution in [2.75, 3.05) is 7.11 Å². The van der Waals surface area contributed by atoms with Crippen molar-refractivity contribution in [1.29, 1.82) is 0 Å². The molecule has 5 nitrogen and oxygen atoms in total. The lowest BCUT2D eigenvalue weighted by Gasteiger charge is -2.29. The third kappa shape index (κ3) is 2.68. The summed E-state index contributed by atoms with van der Waals surface area (Å²) in [6, 6.07) is 6.23. The number of allylic oxidation sites excluding steroid dienone is 1. The molecule has 0 bridgehead atoms. The van der Waals surface area contributed by atoms with Gasteiger partial charge in [0.15, 0.2) is 5.11 Å². The molecular formula is C13H14N2O3S. The van der Waals surface area contributed by atoms with Gasteiger partial charge in [-0.25, -0.2) is 4.79 Å². The SMILES string of the molecule is COC(=O)C1=C(C)NC(=S)NC1c1cccc(O)c1. The summed E-state index contributed by atoms with van der Waals surface area (Å²) < 4.78 is 4.79. The first-order valence-electron chi connectivity index (χ1n) is 5.68. The van der Waals surface area contributed by atoms with Gasteiger partial charge in [-0.3, -0.25) is 0 Å². The van der Waals surface area contributed by atoms with E-state index in [2.05, 4.69) is 10.6 Å². The molecule has 1 aromatic rings. The van der Waals surface area contributed by atoms with Crippen LogP contribution in [0, 0.1) is 0 Å². The molecule has 1 aliphatic rings. The molecule has 3 N–H and O–H groups in total. The van der Waals surface area contributed by atoms with Crippen molar-refractivity contribution >= 4 is 23.3 Å². The lowest BCUT2D eigenvalue weighted by atomic mass is 9.95. The number of carbonyl (C=O) groups excluding carboxylic acids is 1. The molecule has 2 rings (SSSR count). The van der Waals surface area contributed by atoms with Gasteiger partial charge in [-0.05, 0) is 36.8 Å². The highest BCUT2D eigenvalue weighted by Gasteiger charge is 2.30. The Kier molecular flexibility index (Phi) is 3.71. The fourth-order valence-corrected chi connectivity index (χ4v) is 2.30. The van der Waals surface area contributed by atoms with Crippen LogP contribution in [0.15, 0.2) is 35.5 Å². The molecule has 1 unspecified atom stereocenters. The number of benzene rings is 1. The Hall–Kier alpha value is -2.08. The number of carbonyl (C=O) groups is 1. The van der Waals surface area contributed by atoms with Crippen LogP contribution in [-0.2, 0) is 9.53 Å². The highest BCUT2D eigenvalue weighted by atomic mass is 32.1. The van der Waals surface area contributed by atoms with Crippen molar-refractivity contribution in [2.24, 2.45) is 0 Å². The van der Waals surface area contributed by atoms with Gasteiger partial charge >= 0.3 is 5.97 Å².